The SMILES string of the molecule is CCOC(=O)CCC(=O)COc1cccc(F)c1C(N)=O. The van der Waals surface area contributed by atoms with Gasteiger partial charge in [-0.15, -0.1) is 0 Å². The molecule has 0 fully saturated rings. The summed E-state index contributed by atoms with van der Waals surface area (Å²) in [7, 11) is 0. The molecule has 0 aliphatic heterocycles. The maximum absolute atomic E-state index is 13.4. The second-order valence-corrected chi connectivity index (χ2v) is 4.11. The van der Waals surface area contributed by atoms with Crippen molar-refractivity contribution in [1.82, 2.24) is 0 Å². The summed E-state index contributed by atoms with van der Waals surface area (Å²) in [5.41, 5.74) is 4.64. The summed E-state index contributed by atoms with van der Waals surface area (Å²) >= 11 is 0. The van der Waals surface area contributed by atoms with Gasteiger partial charge in [0.15, 0.2) is 5.78 Å². The monoisotopic (exact) mass is 297 g/mol. The Kier molecular flexibility index (Phi) is 6.32. The molecule has 0 heterocycles. The van der Waals surface area contributed by atoms with Crippen molar-refractivity contribution < 1.29 is 28.2 Å². The Bertz CT molecular complexity index is 544. The number of carbonyl (C=O) groups is 3. The first kappa shape index (κ1) is 16.6. The van der Waals surface area contributed by atoms with Gasteiger partial charge < -0.3 is 15.2 Å². The molecular formula is C14H16FNO5. The van der Waals surface area contributed by atoms with Gasteiger partial charge >= 0.3 is 5.97 Å². The van der Waals surface area contributed by atoms with Gasteiger partial charge in [-0.25, -0.2) is 4.39 Å². The van der Waals surface area contributed by atoms with Crippen molar-refractivity contribution in [2.24, 2.45) is 5.73 Å². The molecular weight excluding hydrogens is 281 g/mol. The van der Waals surface area contributed by atoms with Crippen LogP contribution in [0, 0.1) is 5.82 Å². The van der Waals surface area contributed by atoms with E-state index >= 15 is 0 Å². The van der Waals surface area contributed by atoms with Crippen LogP contribution in [-0.4, -0.2) is 30.9 Å². The van der Waals surface area contributed by atoms with Gasteiger partial charge in [0.25, 0.3) is 5.91 Å². The summed E-state index contributed by atoms with van der Waals surface area (Å²) in [6, 6.07) is 3.73. The zero-order chi connectivity index (χ0) is 15.8. The summed E-state index contributed by atoms with van der Waals surface area (Å²) < 4.78 is 23.2. The number of benzene rings is 1. The first-order chi connectivity index (χ1) is 9.95. The first-order valence-corrected chi connectivity index (χ1v) is 6.34. The molecule has 0 unspecified atom stereocenters. The number of amides is 1. The van der Waals surface area contributed by atoms with Crippen LogP contribution in [-0.2, 0) is 14.3 Å². The van der Waals surface area contributed by atoms with E-state index in [-0.39, 0.29) is 37.6 Å². The Hall–Kier alpha value is -2.44. The quantitative estimate of drug-likeness (QED) is 0.728. The summed E-state index contributed by atoms with van der Waals surface area (Å²) in [6.45, 7) is 1.52. The van der Waals surface area contributed by atoms with Crippen molar-refractivity contribution in [2.75, 3.05) is 13.2 Å². The number of rotatable bonds is 8. The highest BCUT2D eigenvalue weighted by molar-refractivity contribution is 5.96. The first-order valence-electron chi connectivity index (χ1n) is 6.34. The molecule has 0 aliphatic carbocycles. The van der Waals surface area contributed by atoms with E-state index in [2.05, 4.69) is 4.74 Å². The number of Topliss-reactive ketones (excluding diaryl/α,β-unsaturated/α-hetero) is 1. The number of hydrogen-bond donors (Lipinski definition) is 1. The van der Waals surface area contributed by atoms with Gasteiger partial charge in [-0.1, -0.05) is 6.07 Å². The third-order valence-electron chi connectivity index (χ3n) is 2.52. The van der Waals surface area contributed by atoms with E-state index in [1.54, 1.807) is 6.92 Å². The lowest BCUT2D eigenvalue weighted by Gasteiger charge is -2.09. The topological polar surface area (TPSA) is 95.7 Å². The summed E-state index contributed by atoms with van der Waals surface area (Å²) in [5.74, 6) is -2.76. The molecule has 0 bridgehead atoms. The predicted octanol–water partition coefficient (Wildman–Crippen LogP) is 1.22. The van der Waals surface area contributed by atoms with Crippen molar-refractivity contribution in [2.45, 2.75) is 19.8 Å². The van der Waals surface area contributed by atoms with E-state index in [9.17, 15) is 18.8 Å². The Labute approximate surface area is 121 Å². The van der Waals surface area contributed by atoms with Crippen LogP contribution < -0.4 is 10.5 Å². The highest BCUT2D eigenvalue weighted by Gasteiger charge is 2.16. The zero-order valence-electron chi connectivity index (χ0n) is 11.6. The molecule has 0 saturated heterocycles. The molecule has 0 aromatic heterocycles. The number of hydrogen-bond acceptors (Lipinski definition) is 5. The Morgan fingerprint density at radius 3 is 2.57 bits per heavy atom. The van der Waals surface area contributed by atoms with Crippen molar-refractivity contribution >= 4 is 17.7 Å². The minimum absolute atomic E-state index is 0.0537. The average molecular weight is 297 g/mol. The lowest BCUT2D eigenvalue weighted by atomic mass is 10.1. The lowest BCUT2D eigenvalue weighted by molar-refractivity contribution is -0.144. The maximum atomic E-state index is 13.4. The van der Waals surface area contributed by atoms with E-state index < -0.39 is 23.3 Å². The number of ether oxygens (including phenoxy) is 2. The van der Waals surface area contributed by atoms with Crippen molar-refractivity contribution in [3.05, 3.63) is 29.6 Å². The maximum Gasteiger partial charge on any atom is 0.306 e. The fourth-order valence-electron chi connectivity index (χ4n) is 1.57. The van der Waals surface area contributed by atoms with E-state index in [1.807, 2.05) is 0 Å². The minimum Gasteiger partial charge on any atom is -0.485 e. The Balaban J connectivity index is 2.56. The summed E-state index contributed by atoms with van der Waals surface area (Å²) in [6.07, 6.45) is -0.109. The van der Waals surface area contributed by atoms with Crippen LogP contribution in [0.15, 0.2) is 18.2 Å². The molecule has 1 aromatic rings. The molecule has 21 heavy (non-hydrogen) atoms. The summed E-state index contributed by atoms with van der Waals surface area (Å²) in [4.78, 5) is 33.8. The van der Waals surface area contributed by atoms with Gasteiger partial charge in [0.05, 0.1) is 13.0 Å². The second-order valence-electron chi connectivity index (χ2n) is 4.11. The summed E-state index contributed by atoms with van der Waals surface area (Å²) in [5, 5.41) is 0. The largest absolute Gasteiger partial charge is 0.485 e. The Morgan fingerprint density at radius 1 is 1.24 bits per heavy atom. The molecule has 0 saturated carbocycles. The van der Waals surface area contributed by atoms with Crippen LogP contribution in [0.2, 0.25) is 0 Å². The number of esters is 1. The minimum atomic E-state index is -0.984. The van der Waals surface area contributed by atoms with Crippen LogP contribution in [0.5, 0.6) is 5.75 Å². The fourth-order valence-corrected chi connectivity index (χ4v) is 1.57. The van der Waals surface area contributed by atoms with Gasteiger partial charge in [0.1, 0.15) is 23.7 Å². The van der Waals surface area contributed by atoms with Gasteiger partial charge in [0.2, 0.25) is 0 Å². The average Bonchev–Trinajstić information content (AvgIpc) is 2.42. The van der Waals surface area contributed by atoms with Crippen LogP contribution in [0.3, 0.4) is 0 Å². The third kappa shape index (κ3) is 5.21. The molecule has 1 aromatic carbocycles. The molecule has 0 aliphatic rings. The van der Waals surface area contributed by atoms with Gasteiger partial charge in [-0.3, -0.25) is 14.4 Å². The molecule has 1 rings (SSSR count). The van der Waals surface area contributed by atoms with Crippen LogP contribution in [0.25, 0.3) is 0 Å². The van der Waals surface area contributed by atoms with Gasteiger partial charge in [-0.05, 0) is 19.1 Å². The van der Waals surface area contributed by atoms with E-state index in [4.69, 9.17) is 10.5 Å². The number of nitrogens with two attached hydrogens (primary N) is 1. The number of ketones is 1. The lowest BCUT2D eigenvalue weighted by Crippen LogP contribution is -2.18. The molecule has 1 amide bonds. The van der Waals surface area contributed by atoms with Gasteiger partial charge in [0, 0.05) is 6.42 Å². The molecule has 2 N–H and O–H groups in total. The fraction of sp³-hybridized carbons (Fsp3) is 0.357. The highest BCUT2D eigenvalue weighted by Crippen LogP contribution is 2.20. The number of primary amides is 1. The Morgan fingerprint density at radius 2 is 1.95 bits per heavy atom. The zero-order valence-corrected chi connectivity index (χ0v) is 11.6. The molecule has 0 atom stereocenters. The normalized spacial score (nSPS) is 10.0. The van der Waals surface area contributed by atoms with E-state index in [0.29, 0.717) is 0 Å². The van der Waals surface area contributed by atoms with Gasteiger partial charge in [-0.2, -0.15) is 0 Å². The second kappa shape index (κ2) is 7.98. The van der Waals surface area contributed by atoms with Crippen molar-refractivity contribution in [1.29, 1.82) is 0 Å². The number of carbonyl (C=O) groups excluding carboxylic acids is 3. The van der Waals surface area contributed by atoms with E-state index in [1.165, 1.54) is 12.1 Å². The standard InChI is InChI=1S/C14H16FNO5/c1-2-20-12(18)7-6-9(17)8-21-11-5-3-4-10(15)13(11)14(16)19/h3-5H,2,6-8H2,1H3,(H2,16,19). The molecule has 0 spiro atoms. The van der Waals surface area contributed by atoms with Crippen LogP contribution >= 0.6 is 0 Å². The third-order valence-corrected chi connectivity index (χ3v) is 2.52. The van der Waals surface area contributed by atoms with Crippen LogP contribution in [0.4, 0.5) is 4.39 Å². The number of halogens is 1. The van der Waals surface area contributed by atoms with Crippen molar-refractivity contribution in [3.8, 4) is 5.75 Å². The predicted molar refractivity (Wildman–Crippen MR) is 71.3 cm³/mol. The highest BCUT2D eigenvalue weighted by atomic mass is 19.1. The van der Waals surface area contributed by atoms with E-state index in [0.717, 1.165) is 6.07 Å². The smallest absolute Gasteiger partial charge is 0.306 e. The molecule has 7 heteroatoms. The van der Waals surface area contributed by atoms with Crippen molar-refractivity contribution in [3.63, 3.8) is 0 Å². The molecule has 114 valence electrons. The molecule has 6 nitrogen and oxygen atoms in total. The molecule has 0 radical (unpaired) electrons. The van der Waals surface area contributed by atoms with Crippen LogP contribution in [0.1, 0.15) is 30.1 Å².